The molecule has 0 saturated carbocycles. The van der Waals surface area contributed by atoms with E-state index in [-0.39, 0.29) is 70.2 Å². The minimum atomic E-state index is -5.08. The molecule has 0 aromatic heterocycles. The van der Waals surface area contributed by atoms with Gasteiger partial charge in [0.1, 0.15) is 11.7 Å². The van der Waals surface area contributed by atoms with Crippen molar-refractivity contribution < 1.29 is 70.9 Å². The smallest absolute Gasteiger partial charge is 0.390 e. The Morgan fingerprint density at radius 3 is 2.07 bits per heavy atom. The zero-order chi connectivity index (χ0) is 34.0. The maximum atomic E-state index is 12.4. The second kappa shape index (κ2) is 21.2. The average Bonchev–Trinajstić information content (AvgIpc) is 3.42. The summed E-state index contributed by atoms with van der Waals surface area (Å²) in [6, 6.07) is -0.669. The molecule has 0 aromatic rings. The van der Waals surface area contributed by atoms with Crippen molar-refractivity contribution in [1.82, 2.24) is 16.0 Å². The number of aliphatic hydroxyl groups excluding tert-OH is 2. The van der Waals surface area contributed by atoms with Gasteiger partial charge in [-0.2, -0.15) is 25.8 Å². The molecule has 2 aliphatic heterocycles. The number of carbonyl (C=O) groups excluding carboxylic acids is 3. The summed E-state index contributed by atoms with van der Waals surface area (Å²) in [7, 11) is 0. The molecule has 0 radical (unpaired) electrons. The third kappa shape index (κ3) is 14.1. The van der Waals surface area contributed by atoms with Gasteiger partial charge in [-0.15, -0.1) is 0 Å². The number of halogens is 3. The Hall–Kier alpha value is -1.85. The number of fused-ring (bicyclic) bond motifs is 2. The third-order valence-corrected chi connectivity index (χ3v) is 7.23. The van der Waals surface area contributed by atoms with Crippen molar-refractivity contribution in [2.24, 2.45) is 11.7 Å². The van der Waals surface area contributed by atoms with Crippen molar-refractivity contribution in [2.75, 3.05) is 98.1 Å². The molecule has 2 heterocycles. The summed E-state index contributed by atoms with van der Waals surface area (Å²) < 4.78 is 75.4. The van der Waals surface area contributed by atoms with Gasteiger partial charge in [0.05, 0.1) is 90.7 Å². The van der Waals surface area contributed by atoms with Crippen LogP contribution >= 0.6 is 12.6 Å². The summed E-state index contributed by atoms with van der Waals surface area (Å²) in [6.07, 6.45) is -9.06. The van der Waals surface area contributed by atoms with Crippen molar-refractivity contribution in [3.63, 3.8) is 0 Å². The van der Waals surface area contributed by atoms with Gasteiger partial charge in [-0.3, -0.25) is 14.4 Å². The van der Waals surface area contributed by atoms with Gasteiger partial charge in [0.25, 0.3) is 0 Å². The first kappa shape index (κ1) is 40.3. The Bertz CT molecular complexity index is 928. The molecule has 2 fully saturated rings. The number of alkyl halides is 3. The number of carbonyl (C=O) groups is 3. The molecule has 0 spiro atoms. The molecule has 7 N–H and O–H groups in total. The highest BCUT2D eigenvalue weighted by Gasteiger charge is 2.59. The number of hydrogen-bond acceptors (Lipinski definition) is 14. The maximum absolute atomic E-state index is 12.4. The van der Waals surface area contributed by atoms with Crippen LogP contribution in [-0.4, -0.2) is 162 Å². The number of nitrogens with two attached hydrogens (primary N) is 1. The molecule has 268 valence electrons. The summed E-state index contributed by atoms with van der Waals surface area (Å²) >= 11 is 3.94. The van der Waals surface area contributed by atoms with Crippen molar-refractivity contribution in [3.8, 4) is 0 Å². The van der Waals surface area contributed by atoms with E-state index in [2.05, 4.69) is 23.3 Å². The highest BCUT2D eigenvalue weighted by molar-refractivity contribution is 7.80. The zero-order valence-electron chi connectivity index (χ0n) is 25.3. The Labute approximate surface area is 269 Å². The van der Waals surface area contributed by atoms with Crippen molar-refractivity contribution in [1.29, 1.82) is 0 Å². The van der Waals surface area contributed by atoms with Crippen LogP contribution in [0.15, 0.2) is 0 Å². The first-order valence-corrected chi connectivity index (χ1v) is 15.3. The topological polar surface area (TPSA) is 218 Å². The molecule has 0 aromatic carbocycles. The standard InChI is InChI=1S/C26H45F3N4O12S/c27-26(28,29)24(38)33-13-17-20(35)21(36)25(16-44-23(17)45-25)15-43-12-11-42-10-9-41-8-7-40-5-2-31-19(34)1-4-39-6-3-32-22(37)18(30)14-46/h17-18,20-21,23,35-36,46H,1-16,30H2,(H,31,34)(H,32,37)(H,33,38)/t17-,18?,20+,21?,23-,25-/m0/s1. The van der Waals surface area contributed by atoms with Gasteiger partial charge in [-0.1, -0.05) is 0 Å². The fourth-order valence-electron chi connectivity index (χ4n) is 4.27. The van der Waals surface area contributed by atoms with Gasteiger partial charge >= 0.3 is 12.1 Å². The number of ether oxygens (including phenoxy) is 7. The van der Waals surface area contributed by atoms with Crippen LogP contribution in [-0.2, 0) is 47.5 Å². The van der Waals surface area contributed by atoms with Crippen LogP contribution in [0.1, 0.15) is 6.42 Å². The zero-order valence-corrected chi connectivity index (χ0v) is 26.2. The van der Waals surface area contributed by atoms with Crippen LogP contribution < -0.4 is 21.7 Å². The van der Waals surface area contributed by atoms with Crippen LogP contribution in [0.2, 0.25) is 0 Å². The summed E-state index contributed by atoms with van der Waals surface area (Å²) in [5.41, 5.74) is 4.12. The molecular weight excluding hydrogens is 649 g/mol. The number of hydrogen-bond donors (Lipinski definition) is 7. The minimum absolute atomic E-state index is 0.120. The third-order valence-electron chi connectivity index (χ3n) is 6.83. The average molecular weight is 695 g/mol. The fourth-order valence-corrected chi connectivity index (χ4v) is 4.43. The number of amides is 3. The molecule has 0 aliphatic carbocycles. The van der Waals surface area contributed by atoms with Gasteiger partial charge < -0.3 is 65.1 Å². The minimum Gasteiger partial charge on any atom is -0.390 e. The predicted octanol–water partition coefficient (Wildman–Crippen LogP) is -2.91. The monoisotopic (exact) mass is 694 g/mol. The second-order valence-corrected chi connectivity index (χ2v) is 10.7. The Balaban J connectivity index is 1.39. The molecule has 2 saturated heterocycles. The summed E-state index contributed by atoms with van der Waals surface area (Å²) in [4.78, 5) is 34.3. The van der Waals surface area contributed by atoms with Crippen molar-refractivity contribution in [3.05, 3.63) is 0 Å². The Morgan fingerprint density at radius 1 is 0.891 bits per heavy atom. The lowest BCUT2D eigenvalue weighted by Gasteiger charge is -2.42. The van der Waals surface area contributed by atoms with Gasteiger partial charge in [0, 0.05) is 31.8 Å². The molecule has 2 aliphatic rings. The van der Waals surface area contributed by atoms with E-state index < -0.39 is 54.7 Å². The van der Waals surface area contributed by atoms with Crippen LogP contribution in [0.25, 0.3) is 0 Å². The van der Waals surface area contributed by atoms with Gasteiger partial charge in [0.15, 0.2) is 6.29 Å². The first-order chi connectivity index (χ1) is 21.9. The van der Waals surface area contributed by atoms with E-state index in [1.54, 1.807) is 5.32 Å². The molecular formula is C26H45F3N4O12S. The first-order valence-electron chi connectivity index (χ1n) is 14.7. The number of aliphatic hydroxyl groups is 2. The number of rotatable bonds is 24. The lowest BCUT2D eigenvalue weighted by atomic mass is 9.85. The van der Waals surface area contributed by atoms with Gasteiger partial charge in [-0.05, 0) is 0 Å². The van der Waals surface area contributed by atoms with Crippen LogP contribution in [0.3, 0.4) is 0 Å². The van der Waals surface area contributed by atoms with E-state index >= 15 is 0 Å². The Morgan fingerprint density at radius 2 is 1.46 bits per heavy atom. The summed E-state index contributed by atoms with van der Waals surface area (Å²) in [5, 5.41) is 27.9. The van der Waals surface area contributed by atoms with E-state index in [0.29, 0.717) is 39.5 Å². The molecule has 20 heteroatoms. The largest absolute Gasteiger partial charge is 0.471 e. The molecule has 46 heavy (non-hydrogen) atoms. The highest BCUT2D eigenvalue weighted by atomic mass is 32.1. The number of thiol groups is 1. The maximum Gasteiger partial charge on any atom is 0.471 e. The van der Waals surface area contributed by atoms with E-state index in [9.17, 15) is 37.8 Å². The van der Waals surface area contributed by atoms with Crippen LogP contribution in [0.5, 0.6) is 0 Å². The quantitative estimate of drug-likeness (QED) is 0.0399. The number of nitrogens with one attached hydrogen (secondary N) is 3. The molecule has 2 unspecified atom stereocenters. The van der Waals surface area contributed by atoms with E-state index in [4.69, 9.17) is 38.9 Å². The van der Waals surface area contributed by atoms with E-state index in [1.807, 2.05) is 0 Å². The Kier molecular flexibility index (Phi) is 18.6. The lowest BCUT2D eigenvalue weighted by molar-refractivity contribution is -0.251. The predicted molar refractivity (Wildman–Crippen MR) is 155 cm³/mol. The highest BCUT2D eigenvalue weighted by Crippen LogP contribution is 2.40. The van der Waals surface area contributed by atoms with Crippen molar-refractivity contribution in [2.45, 2.75) is 42.7 Å². The van der Waals surface area contributed by atoms with Crippen LogP contribution in [0, 0.1) is 5.92 Å². The van der Waals surface area contributed by atoms with E-state index in [1.165, 1.54) is 0 Å². The second-order valence-electron chi connectivity index (χ2n) is 10.4. The molecule has 3 amide bonds. The molecule has 2 rings (SSSR count). The molecule has 2 bridgehead atoms. The van der Waals surface area contributed by atoms with Gasteiger partial charge in [0.2, 0.25) is 11.8 Å². The lowest BCUT2D eigenvalue weighted by Crippen LogP contribution is -2.62. The normalized spacial score (nSPS) is 24.8. The summed E-state index contributed by atoms with van der Waals surface area (Å²) in [5.74, 6) is -3.53. The van der Waals surface area contributed by atoms with Crippen molar-refractivity contribution >= 4 is 30.4 Å². The molecule has 6 atom stereocenters. The van der Waals surface area contributed by atoms with Crippen LogP contribution in [0.4, 0.5) is 13.2 Å². The van der Waals surface area contributed by atoms with E-state index in [0.717, 1.165) is 0 Å². The summed E-state index contributed by atoms with van der Waals surface area (Å²) in [6.45, 7) is 2.00. The fraction of sp³-hybridized carbons (Fsp3) is 0.885. The van der Waals surface area contributed by atoms with Gasteiger partial charge in [-0.25, -0.2) is 0 Å². The SMILES string of the molecule is NC(CS)C(=O)NCCOCCC(=O)NCCOCCOCCOCCOC[C@@]12CO[C@@H](O1)[C@@H](CNC(=O)C(F)(F)F)[C@@H](O)C2O. The molecule has 16 nitrogen and oxygen atoms in total.